The van der Waals surface area contributed by atoms with Crippen LogP contribution in [-0.4, -0.2) is 15.0 Å². The molecule has 3 heteroatoms. The molecule has 76 valence electrons. The van der Waals surface area contributed by atoms with E-state index in [2.05, 4.69) is 12.1 Å². The topological polar surface area (TPSA) is 13.1 Å². The van der Waals surface area contributed by atoms with Gasteiger partial charge in [0.25, 0.3) is 0 Å². The van der Waals surface area contributed by atoms with Gasteiger partial charge in [0.15, 0.2) is 0 Å². The summed E-state index contributed by atoms with van der Waals surface area (Å²) in [5.41, 5.74) is 0. The van der Waals surface area contributed by atoms with Gasteiger partial charge in [-0.3, -0.25) is 0 Å². The van der Waals surface area contributed by atoms with Gasteiger partial charge in [0.05, 0.1) is 0 Å². The molecule has 0 N–H and O–H groups in total. The normalized spacial score (nSPS) is 11.7. The van der Waals surface area contributed by atoms with E-state index >= 15 is 0 Å². The molecule has 1 heterocycles. The van der Waals surface area contributed by atoms with E-state index in [-0.39, 0.29) is 15.0 Å². The predicted molar refractivity (Wildman–Crippen MR) is 64.4 cm³/mol. The van der Waals surface area contributed by atoms with Crippen molar-refractivity contribution in [1.29, 1.82) is 0 Å². The fourth-order valence-corrected chi connectivity index (χ4v) is 3.14. The molecule has 0 saturated heterocycles. The van der Waals surface area contributed by atoms with Gasteiger partial charge in [0.2, 0.25) is 0 Å². The minimum atomic E-state index is 0.162. The molecule has 1 nitrogen and oxygen atoms in total. The Balaban J connectivity index is 2.07. The van der Waals surface area contributed by atoms with Crippen LogP contribution in [0.2, 0.25) is 0 Å². The summed E-state index contributed by atoms with van der Waals surface area (Å²) in [6.45, 7) is 0. The molecule has 2 aromatic rings. The number of benzene rings is 1. The SMILES string of the molecule is Cl/C(=C\c1ccco1)[Se]c1ccccc1. The van der Waals surface area contributed by atoms with Crippen LogP contribution < -0.4 is 4.46 Å². The van der Waals surface area contributed by atoms with Crippen LogP contribution in [0.4, 0.5) is 0 Å². The van der Waals surface area contributed by atoms with Gasteiger partial charge in [-0.05, 0) is 0 Å². The molecule has 2 rings (SSSR count). The number of hydrogen-bond acceptors (Lipinski definition) is 1. The Morgan fingerprint density at radius 3 is 2.60 bits per heavy atom. The van der Waals surface area contributed by atoms with Crippen LogP contribution in [0.3, 0.4) is 0 Å². The van der Waals surface area contributed by atoms with Gasteiger partial charge in [-0.1, -0.05) is 0 Å². The van der Waals surface area contributed by atoms with Gasteiger partial charge in [-0.25, -0.2) is 0 Å². The van der Waals surface area contributed by atoms with Crippen molar-refractivity contribution in [3.63, 3.8) is 0 Å². The molecule has 0 radical (unpaired) electrons. The Kier molecular flexibility index (Phi) is 3.68. The summed E-state index contributed by atoms with van der Waals surface area (Å²) >= 11 is 6.30. The quantitative estimate of drug-likeness (QED) is 0.790. The molecule has 0 bridgehead atoms. The third-order valence-corrected chi connectivity index (χ3v) is 3.99. The molecule has 1 aromatic heterocycles. The fraction of sp³-hybridized carbons (Fsp3) is 0. The Morgan fingerprint density at radius 2 is 1.93 bits per heavy atom. The molecule has 0 unspecified atom stereocenters. The van der Waals surface area contributed by atoms with E-state index in [4.69, 9.17) is 16.0 Å². The van der Waals surface area contributed by atoms with Crippen LogP contribution in [0.5, 0.6) is 0 Å². The first-order valence-corrected chi connectivity index (χ1v) is 6.57. The average molecular weight is 284 g/mol. The van der Waals surface area contributed by atoms with Crippen molar-refractivity contribution < 1.29 is 4.42 Å². The summed E-state index contributed by atoms with van der Waals surface area (Å²) in [4.78, 5) is 0. The standard InChI is InChI=1S/C12H9ClOSe/c13-12(9-10-5-4-8-14-10)15-11-6-2-1-3-7-11/h1-9H/b12-9+. The number of rotatable bonds is 3. The summed E-state index contributed by atoms with van der Waals surface area (Å²) in [6.07, 6.45) is 3.51. The van der Waals surface area contributed by atoms with Gasteiger partial charge in [-0.15, -0.1) is 0 Å². The number of furan rings is 1. The predicted octanol–water partition coefficient (Wildman–Crippen LogP) is 2.85. The summed E-state index contributed by atoms with van der Waals surface area (Å²) < 4.78 is 7.29. The van der Waals surface area contributed by atoms with E-state index in [1.54, 1.807) is 6.26 Å². The van der Waals surface area contributed by atoms with Crippen molar-refractivity contribution in [2.24, 2.45) is 0 Å². The van der Waals surface area contributed by atoms with E-state index in [1.807, 2.05) is 36.4 Å². The average Bonchev–Trinajstić information content (AvgIpc) is 2.71. The molecule has 0 saturated carbocycles. The van der Waals surface area contributed by atoms with Crippen LogP contribution >= 0.6 is 11.6 Å². The van der Waals surface area contributed by atoms with E-state index < -0.39 is 0 Å². The summed E-state index contributed by atoms with van der Waals surface area (Å²) in [5.74, 6) is 0.804. The molecule has 15 heavy (non-hydrogen) atoms. The maximum absolute atomic E-state index is 6.14. The fourth-order valence-electron chi connectivity index (χ4n) is 1.12. The van der Waals surface area contributed by atoms with Crippen LogP contribution in [0, 0.1) is 0 Å². The molecular formula is C12H9ClOSe. The number of halogens is 1. The van der Waals surface area contributed by atoms with Crippen LogP contribution in [0.1, 0.15) is 5.76 Å². The van der Waals surface area contributed by atoms with Crippen molar-refractivity contribution in [3.05, 3.63) is 58.4 Å². The molecule has 0 amide bonds. The Labute approximate surface area is 99.9 Å². The van der Waals surface area contributed by atoms with Crippen LogP contribution in [0.15, 0.2) is 57.1 Å². The second-order valence-corrected chi connectivity index (χ2v) is 6.13. The molecule has 0 atom stereocenters. The molecule has 0 fully saturated rings. The van der Waals surface area contributed by atoms with Gasteiger partial charge >= 0.3 is 99.9 Å². The summed E-state index contributed by atoms with van der Waals surface area (Å²) in [7, 11) is 0. The van der Waals surface area contributed by atoms with Crippen molar-refractivity contribution in [3.8, 4) is 0 Å². The van der Waals surface area contributed by atoms with E-state index in [0.29, 0.717) is 0 Å². The molecule has 0 aliphatic rings. The van der Waals surface area contributed by atoms with E-state index in [1.165, 1.54) is 4.46 Å². The first kappa shape index (κ1) is 10.6. The van der Waals surface area contributed by atoms with Crippen LogP contribution in [0.25, 0.3) is 6.08 Å². The maximum atomic E-state index is 6.14. The Morgan fingerprint density at radius 1 is 1.13 bits per heavy atom. The zero-order valence-corrected chi connectivity index (χ0v) is 10.4. The van der Waals surface area contributed by atoms with Gasteiger partial charge in [-0.2, -0.15) is 0 Å². The molecule has 0 spiro atoms. The minimum absolute atomic E-state index is 0.162. The summed E-state index contributed by atoms with van der Waals surface area (Å²) in [5, 5.41) is 0. The van der Waals surface area contributed by atoms with E-state index in [0.717, 1.165) is 9.69 Å². The zero-order valence-electron chi connectivity index (χ0n) is 7.89. The second-order valence-electron chi connectivity index (χ2n) is 2.88. The summed E-state index contributed by atoms with van der Waals surface area (Å²) in [6, 6.07) is 14.0. The van der Waals surface area contributed by atoms with Crippen molar-refractivity contribution >= 4 is 37.1 Å². The molecule has 0 aliphatic carbocycles. The zero-order chi connectivity index (χ0) is 10.5. The van der Waals surface area contributed by atoms with Gasteiger partial charge < -0.3 is 0 Å². The number of hydrogen-bond donors (Lipinski definition) is 0. The van der Waals surface area contributed by atoms with E-state index in [9.17, 15) is 0 Å². The van der Waals surface area contributed by atoms with Gasteiger partial charge in [0, 0.05) is 0 Å². The molecule has 0 aliphatic heterocycles. The first-order valence-electron chi connectivity index (χ1n) is 4.48. The van der Waals surface area contributed by atoms with Crippen molar-refractivity contribution in [1.82, 2.24) is 0 Å². The second kappa shape index (κ2) is 5.22. The van der Waals surface area contributed by atoms with Crippen molar-refractivity contribution in [2.75, 3.05) is 0 Å². The van der Waals surface area contributed by atoms with Gasteiger partial charge in [0.1, 0.15) is 0 Å². The van der Waals surface area contributed by atoms with Crippen LogP contribution in [-0.2, 0) is 0 Å². The van der Waals surface area contributed by atoms with Crippen molar-refractivity contribution in [2.45, 2.75) is 0 Å². The third kappa shape index (κ3) is 3.28. The molecule has 1 aromatic carbocycles. The Hall–Kier alpha value is -0.951. The molecular weight excluding hydrogens is 275 g/mol. The third-order valence-electron chi connectivity index (χ3n) is 1.76. The monoisotopic (exact) mass is 284 g/mol. The first-order chi connectivity index (χ1) is 7.34. The Bertz CT molecular complexity index is 434.